The molecule has 5 nitrogen and oxygen atoms in total. The number of para-hydroxylation sites is 1. The van der Waals surface area contributed by atoms with E-state index in [1.165, 1.54) is 0 Å². The molecule has 1 amide bonds. The van der Waals surface area contributed by atoms with E-state index < -0.39 is 0 Å². The lowest BCUT2D eigenvalue weighted by molar-refractivity contribution is -0.121. The van der Waals surface area contributed by atoms with Crippen molar-refractivity contribution in [1.29, 1.82) is 0 Å². The van der Waals surface area contributed by atoms with Gasteiger partial charge in [0, 0.05) is 41.0 Å². The van der Waals surface area contributed by atoms with Crippen LogP contribution in [0.15, 0.2) is 65.3 Å². The molecule has 0 fully saturated rings. The quantitative estimate of drug-likeness (QED) is 0.391. The number of carbonyl (C=O) groups is 2. The van der Waals surface area contributed by atoms with Crippen LogP contribution in [0.1, 0.15) is 29.6 Å². The Bertz CT molecular complexity index is 952. The van der Waals surface area contributed by atoms with Crippen molar-refractivity contribution in [2.24, 2.45) is 0 Å². The monoisotopic (exact) mass is 440 g/mol. The molecule has 0 atom stereocenters. The van der Waals surface area contributed by atoms with E-state index in [9.17, 15) is 9.59 Å². The highest BCUT2D eigenvalue weighted by atomic mass is 79.9. The number of ketones is 1. The average Bonchev–Trinajstić information content (AvgIpc) is 2.72. The Kier molecular flexibility index (Phi) is 7.14. The zero-order valence-corrected chi connectivity index (χ0v) is 16.9. The molecule has 0 bridgehead atoms. The van der Waals surface area contributed by atoms with E-state index in [2.05, 4.69) is 26.2 Å². The van der Waals surface area contributed by atoms with Gasteiger partial charge in [-0.05, 0) is 30.7 Å². The molecule has 1 N–H and O–H groups in total. The molecule has 1 aromatic heterocycles. The van der Waals surface area contributed by atoms with Gasteiger partial charge in [0.15, 0.2) is 5.78 Å². The number of aromatic nitrogens is 1. The lowest BCUT2D eigenvalue weighted by Gasteiger charge is -2.09. The second-order valence-corrected chi connectivity index (χ2v) is 7.23. The maximum Gasteiger partial charge on any atom is 0.220 e. The first-order valence-corrected chi connectivity index (χ1v) is 9.95. The molecule has 3 aromatic rings. The molecule has 144 valence electrons. The van der Waals surface area contributed by atoms with Gasteiger partial charge in [0.2, 0.25) is 5.91 Å². The summed E-state index contributed by atoms with van der Waals surface area (Å²) in [5.41, 5.74) is 1.45. The fourth-order valence-electron chi connectivity index (χ4n) is 2.77. The number of carbonyl (C=O) groups excluding carboxylic acids is 2. The van der Waals surface area contributed by atoms with E-state index in [1.54, 1.807) is 18.3 Å². The average molecular weight is 441 g/mol. The van der Waals surface area contributed by atoms with Gasteiger partial charge in [0.05, 0.1) is 6.61 Å². The summed E-state index contributed by atoms with van der Waals surface area (Å²) < 4.78 is 6.71. The molecule has 0 aliphatic carbocycles. The number of Topliss-reactive ketones (excluding diaryl/α,β-unsaturated/α-hetero) is 1. The van der Waals surface area contributed by atoms with Crippen LogP contribution in [0.4, 0.5) is 0 Å². The van der Waals surface area contributed by atoms with Crippen LogP contribution in [0.2, 0.25) is 0 Å². The first-order chi connectivity index (χ1) is 13.6. The van der Waals surface area contributed by atoms with E-state index in [1.807, 2.05) is 42.5 Å². The van der Waals surface area contributed by atoms with Gasteiger partial charge in [-0.3, -0.25) is 14.6 Å². The summed E-state index contributed by atoms with van der Waals surface area (Å²) in [6, 6.07) is 16.8. The Balaban J connectivity index is 1.35. The maximum atomic E-state index is 12.1. The number of amides is 1. The van der Waals surface area contributed by atoms with Gasteiger partial charge in [-0.1, -0.05) is 46.3 Å². The zero-order valence-electron chi connectivity index (χ0n) is 15.4. The number of benzene rings is 2. The van der Waals surface area contributed by atoms with E-state index >= 15 is 0 Å². The summed E-state index contributed by atoms with van der Waals surface area (Å²) in [6.07, 6.45) is 2.80. The predicted molar refractivity (Wildman–Crippen MR) is 113 cm³/mol. The molecular formula is C22H21BrN2O3. The number of hydrogen-bond acceptors (Lipinski definition) is 4. The van der Waals surface area contributed by atoms with Crippen LogP contribution in [0.5, 0.6) is 5.75 Å². The van der Waals surface area contributed by atoms with Crippen molar-refractivity contribution in [2.75, 3.05) is 13.2 Å². The van der Waals surface area contributed by atoms with Crippen molar-refractivity contribution in [3.8, 4) is 5.75 Å². The number of hydrogen-bond donors (Lipinski definition) is 1. The predicted octanol–water partition coefficient (Wildman–Crippen LogP) is 4.55. The second kappa shape index (κ2) is 9.99. The summed E-state index contributed by atoms with van der Waals surface area (Å²) in [5.74, 6) is 0.580. The molecule has 3 rings (SSSR count). The van der Waals surface area contributed by atoms with Crippen LogP contribution >= 0.6 is 15.9 Å². The second-order valence-electron chi connectivity index (χ2n) is 6.31. The molecule has 0 radical (unpaired) electrons. The van der Waals surface area contributed by atoms with Gasteiger partial charge in [-0.15, -0.1) is 0 Å². The molecule has 1 heterocycles. The molecule has 2 aromatic carbocycles. The van der Waals surface area contributed by atoms with Crippen molar-refractivity contribution in [3.05, 3.63) is 70.8 Å². The van der Waals surface area contributed by atoms with Crippen LogP contribution < -0.4 is 10.1 Å². The topological polar surface area (TPSA) is 68.3 Å². The summed E-state index contributed by atoms with van der Waals surface area (Å²) in [4.78, 5) is 28.3. The SMILES string of the molecule is O=C(CCC(=O)c1ccc(Br)cc1)NCCCOc1cccc2cccnc12. The van der Waals surface area contributed by atoms with Crippen molar-refractivity contribution < 1.29 is 14.3 Å². The maximum absolute atomic E-state index is 12.1. The minimum Gasteiger partial charge on any atom is -0.491 e. The summed E-state index contributed by atoms with van der Waals surface area (Å²) in [6.45, 7) is 0.983. The van der Waals surface area contributed by atoms with E-state index in [-0.39, 0.29) is 24.5 Å². The smallest absolute Gasteiger partial charge is 0.220 e. The summed E-state index contributed by atoms with van der Waals surface area (Å²) in [5, 5.41) is 3.86. The van der Waals surface area contributed by atoms with Gasteiger partial charge < -0.3 is 10.1 Å². The number of nitrogens with one attached hydrogen (secondary N) is 1. The van der Waals surface area contributed by atoms with Gasteiger partial charge in [-0.25, -0.2) is 0 Å². The van der Waals surface area contributed by atoms with Crippen LogP contribution in [0, 0.1) is 0 Å². The molecule has 28 heavy (non-hydrogen) atoms. The first kappa shape index (κ1) is 20.0. The minimum absolute atomic E-state index is 0.0329. The van der Waals surface area contributed by atoms with Crippen LogP contribution in [-0.4, -0.2) is 29.8 Å². The molecule has 0 aliphatic rings. The van der Waals surface area contributed by atoms with Gasteiger partial charge in [0.25, 0.3) is 0 Å². The number of ether oxygens (including phenoxy) is 1. The van der Waals surface area contributed by atoms with Crippen molar-refractivity contribution in [1.82, 2.24) is 10.3 Å². The number of halogens is 1. The normalized spacial score (nSPS) is 10.6. The third-order valence-corrected chi connectivity index (χ3v) is 4.77. The fourth-order valence-corrected chi connectivity index (χ4v) is 3.03. The largest absolute Gasteiger partial charge is 0.491 e. The van der Waals surface area contributed by atoms with Crippen LogP contribution in [0.3, 0.4) is 0 Å². The molecule has 0 saturated heterocycles. The lowest BCUT2D eigenvalue weighted by atomic mass is 10.1. The molecule has 6 heteroatoms. The standard InChI is InChI=1S/C22H21BrN2O3/c23-18-9-7-16(8-10-18)19(26)11-12-21(27)24-14-3-15-28-20-6-1-4-17-5-2-13-25-22(17)20/h1-2,4-10,13H,3,11-12,14-15H2,(H,24,27). The lowest BCUT2D eigenvalue weighted by Crippen LogP contribution is -2.26. The number of fused-ring (bicyclic) bond motifs is 1. The van der Waals surface area contributed by atoms with Crippen molar-refractivity contribution in [3.63, 3.8) is 0 Å². The van der Waals surface area contributed by atoms with Gasteiger partial charge >= 0.3 is 0 Å². The van der Waals surface area contributed by atoms with E-state index in [4.69, 9.17) is 4.74 Å². The van der Waals surface area contributed by atoms with Crippen molar-refractivity contribution >= 4 is 38.5 Å². The van der Waals surface area contributed by atoms with Gasteiger partial charge in [0.1, 0.15) is 11.3 Å². The molecule has 0 saturated carbocycles. The molecule has 0 spiro atoms. The third-order valence-electron chi connectivity index (χ3n) is 4.24. The Hall–Kier alpha value is -2.73. The molecular weight excluding hydrogens is 420 g/mol. The fraction of sp³-hybridized carbons (Fsp3) is 0.227. The highest BCUT2D eigenvalue weighted by molar-refractivity contribution is 9.10. The van der Waals surface area contributed by atoms with Crippen LogP contribution in [-0.2, 0) is 4.79 Å². The Morgan fingerprint density at radius 1 is 1.00 bits per heavy atom. The van der Waals surface area contributed by atoms with E-state index in [0.717, 1.165) is 21.1 Å². The minimum atomic E-state index is -0.128. The summed E-state index contributed by atoms with van der Waals surface area (Å²) >= 11 is 3.34. The summed E-state index contributed by atoms with van der Waals surface area (Å²) in [7, 11) is 0. The number of pyridine rings is 1. The Morgan fingerprint density at radius 2 is 1.79 bits per heavy atom. The molecule has 0 unspecified atom stereocenters. The Morgan fingerprint density at radius 3 is 2.61 bits per heavy atom. The van der Waals surface area contributed by atoms with E-state index in [0.29, 0.717) is 25.1 Å². The van der Waals surface area contributed by atoms with Crippen LogP contribution in [0.25, 0.3) is 10.9 Å². The highest BCUT2D eigenvalue weighted by Crippen LogP contribution is 2.22. The Labute approximate surface area is 172 Å². The third kappa shape index (κ3) is 5.63. The first-order valence-electron chi connectivity index (χ1n) is 9.15. The highest BCUT2D eigenvalue weighted by Gasteiger charge is 2.09. The number of nitrogens with zero attached hydrogens (tertiary/aromatic N) is 1. The molecule has 0 aliphatic heterocycles. The zero-order chi connectivity index (χ0) is 19.8. The number of rotatable bonds is 9. The van der Waals surface area contributed by atoms with Crippen molar-refractivity contribution in [2.45, 2.75) is 19.3 Å². The van der Waals surface area contributed by atoms with Gasteiger partial charge in [-0.2, -0.15) is 0 Å².